The predicted octanol–water partition coefficient (Wildman–Crippen LogP) is 1.71. The van der Waals surface area contributed by atoms with E-state index in [0.717, 1.165) is 5.56 Å². The number of Topliss-reactive ketones (excluding diaryl/α,β-unsaturated/α-hetero) is 1. The normalized spacial score (nSPS) is 11.4. The Balaban J connectivity index is 3.25. The Morgan fingerprint density at radius 1 is 1.41 bits per heavy atom. The molecule has 0 radical (unpaired) electrons. The molecule has 1 rings (SSSR count). The van der Waals surface area contributed by atoms with Gasteiger partial charge in [-0.1, -0.05) is 6.07 Å². The van der Waals surface area contributed by atoms with E-state index in [0.29, 0.717) is 11.1 Å². The van der Waals surface area contributed by atoms with Gasteiger partial charge in [-0.15, -0.1) is 0 Å². The highest BCUT2D eigenvalue weighted by molar-refractivity contribution is 6.03. The number of carbonyl (C=O) groups excluding carboxylic acids is 2. The van der Waals surface area contributed by atoms with Crippen LogP contribution in [0.4, 0.5) is 0 Å². The molecule has 17 heavy (non-hydrogen) atoms. The summed E-state index contributed by atoms with van der Waals surface area (Å²) in [5, 5.41) is 8.75. The van der Waals surface area contributed by atoms with E-state index >= 15 is 0 Å². The summed E-state index contributed by atoms with van der Waals surface area (Å²) in [6.45, 7) is 3.11. The summed E-state index contributed by atoms with van der Waals surface area (Å²) in [7, 11) is 1.25. The smallest absolute Gasteiger partial charge is 0.320 e. The van der Waals surface area contributed by atoms with Crippen LogP contribution in [-0.2, 0) is 14.3 Å². The molecule has 0 saturated carbocycles. The second-order valence-corrected chi connectivity index (χ2v) is 3.75. The Bertz CT molecular complexity index is 500. The van der Waals surface area contributed by atoms with Crippen LogP contribution in [0.25, 0.3) is 0 Å². The third kappa shape index (κ3) is 2.70. The van der Waals surface area contributed by atoms with Gasteiger partial charge < -0.3 is 4.74 Å². The van der Waals surface area contributed by atoms with Gasteiger partial charge in [-0.05, 0) is 37.1 Å². The molecule has 0 spiro atoms. The molecule has 1 aromatic rings. The fraction of sp³-hybridized carbons (Fsp3) is 0.308. The van der Waals surface area contributed by atoms with Crippen LogP contribution in [-0.4, -0.2) is 18.9 Å². The Kier molecular flexibility index (Phi) is 4.00. The summed E-state index contributed by atoms with van der Waals surface area (Å²) >= 11 is 0. The van der Waals surface area contributed by atoms with E-state index in [1.54, 1.807) is 25.1 Å². The molecule has 0 aliphatic rings. The number of carbonyl (C=O) groups is 2. The van der Waals surface area contributed by atoms with Gasteiger partial charge in [-0.2, -0.15) is 5.26 Å². The number of methoxy groups -OCH3 is 1. The third-order valence-corrected chi connectivity index (χ3v) is 2.55. The average Bonchev–Trinajstić information content (AvgIpc) is 2.30. The van der Waals surface area contributed by atoms with Gasteiger partial charge >= 0.3 is 5.97 Å². The molecule has 1 unspecified atom stereocenters. The first kappa shape index (κ1) is 12.9. The lowest BCUT2D eigenvalue weighted by Gasteiger charge is -2.14. The molecule has 0 amide bonds. The summed E-state index contributed by atoms with van der Waals surface area (Å²) in [5.74, 6) is -1.76. The number of aryl methyl sites for hydroxylation is 1. The van der Waals surface area contributed by atoms with Gasteiger partial charge in [0.05, 0.1) is 18.7 Å². The van der Waals surface area contributed by atoms with Crippen molar-refractivity contribution in [2.45, 2.75) is 19.8 Å². The minimum atomic E-state index is -0.909. The van der Waals surface area contributed by atoms with Crippen LogP contribution in [0, 0.1) is 18.3 Å². The zero-order valence-corrected chi connectivity index (χ0v) is 9.98. The number of esters is 1. The van der Waals surface area contributed by atoms with Crippen molar-refractivity contribution >= 4 is 11.8 Å². The van der Waals surface area contributed by atoms with Gasteiger partial charge in [0.15, 0.2) is 0 Å². The Hall–Kier alpha value is -2.15. The fourth-order valence-electron chi connectivity index (χ4n) is 1.70. The van der Waals surface area contributed by atoms with Gasteiger partial charge in [-0.25, -0.2) is 0 Å². The van der Waals surface area contributed by atoms with E-state index in [1.807, 2.05) is 6.07 Å². The summed E-state index contributed by atoms with van der Waals surface area (Å²) in [5.41, 5.74) is 1.82. The largest absolute Gasteiger partial charge is 0.468 e. The van der Waals surface area contributed by atoms with Crippen LogP contribution in [0.1, 0.15) is 29.5 Å². The van der Waals surface area contributed by atoms with Crippen molar-refractivity contribution in [3.8, 4) is 6.07 Å². The molecule has 4 nitrogen and oxygen atoms in total. The molecule has 0 N–H and O–H groups in total. The lowest BCUT2D eigenvalue weighted by Crippen LogP contribution is -2.22. The third-order valence-electron chi connectivity index (χ3n) is 2.55. The highest BCUT2D eigenvalue weighted by Gasteiger charge is 2.27. The first-order chi connectivity index (χ1) is 8.01. The van der Waals surface area contributed by atoms with E-state index < -0.39 is 11.9 Å². The van der Waals surface area contributed by atoms with E-state index in [9.17, 15) is 9.59 Å². The van der Waals surface area contributed by atoms with E-state index in [-0.39, 0.29) is 5.78 Å². The van der Waals surface area contributed by atoms with Crippen molar-refractivity contribution in [3.05, 3.63) is 34.9 Å². The zero-order chi connectivity index (χ0) is 13.0. The molecular formula is C13H13NO3. The molecule has 1 aromatic carbocycles. The zero-order valence-electron chi connectivity index (χ0n) is 9.98. The lowest BCUT2D eigenvalue weighted by atomic mass is 9.91. The second-order valence-electron chi connectivity index (χ2n) is 3.75. The maximum absolute atomic E-state index is 11.6. The standard InChI is InChI=1S/C13H13NO3/c1-8-6-10(7-14)4-5-11(8)12(9(2)15)13(16)17-3/h4-6,12H,1-3H3. The maximum Gasteiger partial charge on any atom is 0.320 e. The van der Waals surface area contributed by atoms with Gasteiger partial charge in [0.1, 0.15) is 11.7 Å². The van der Waals surface area contributed by atoms with Gasteiger partial charge in [0.25, 0.3) is 0 Å². The van der Waals surface area contributed by atoms with Crippen molar-refractivity contribution in [1.29, 1.82) is 5.26 Å². The molecule has 0 aliphatic carbocycles. The van der Waals surface area contributed by atoms with Gasteiger partial charge in [-0.3, -0.25) is 9.59 Å². The molecular weight excluding hydrogens is 218 g/mol. The number of hydrogen-bond donors (Lipinski definition) is 0. The van der Waals surface area contributed by atoms with Gasteiger partial charge in [0.2, 0.25) is 0 Å². The first-order valence-electron chi connectivity index (χ1n) is 5.10. The Labute approximate surface area is 99.8 Å². The van der Waals surface area contributed by atoms with Crippen LogP contribution in [0.15, 0.2) is 18.2 Å². The maximum atomic E-state index is 11.6. The number of ketones is 1. The summed E-state index contributed by atoms with van der Waals surface area (Å²) < 4.78 is 4.61. The molecule has 0 aliphatic heterocycles. The number of hydrogen-bond acceptors (Lipinski definition) is 4. The minimum Gasteiger partial charge on any atom is -0.468 e. The second kappa shape index (κ2) is 5.26. The SMILES string of the molecule is COC(=O)C(C(C)=O)c1ccc(C#N)cc1C. The molecule has 0 aromatic heterocycles. The lowest BCUT2D eigenvalue weighted by molar-refractivity contribution is -0.145. The van der Waals surface area contributed by atoms with Crippen molar-refractivity contribution in [2.75, 3.05) is 7.11 Å². The molecule has 1 atom stereocenters. The highest BCUT2D eigenvalue weighted by Crippen LogP contribution is 2.23. The molecule has 88 valence electrons. The summed E-state index contributed by atoms with van der Waals surface area (Å²) in [4.78, 5) is 23.0. The van der Waals surface area contributed by atoms with Crippen molar-refractivity contribution in [2.24, 2.45) is 0 Å². The fourth-order valence-corrected chi connectivity index (χ4v) is 1.70. The van der Waals surface area contributed by atoms with Crippen molar-refractivity contribution < 1.29 is 14.3 Å². The number of rotatable bonds is 3. The molecule has 0 heterocycles. The predicted molar refractivity (Wildman–Crippen MR) is 61.3 cm³/mol. The quantitative estimate of drug-likeness (QED) is 0.586. The van der Waals surface area contributed by atoms with Crippen molar-refractivity contribution in [1.82, 2.24) is 0 Å². The Morgan fingerprint density at radius 3 is 2.47 bits per heavy atom. The molecule has 0 saturated heterocycles. The van der Waals surface area contributed by atoms with Crippen LogP contribution >= 0.6 is 0 Å². The Morgan fingerprint density at radius 2 is 2.06 bits per heavy atom. The molecule has 0 fully saturated rings. The number of ether oxygens (including phenoxy) is 1. The number of nitriles is 1. The average molecular weight is 231 g/mol. The summed E-state index contributed by atoms with van der Waals surface area (Å²) in [6, 6.07) is 6.86. The van der Waals surface area contributed by atoms with Crippen LogP contribution in [0.2, 0.25) is 0 Å². The van der Waals surface area contributed by atoms with E-state index in [2.05, 4.69) is 4.74 Å². The van der Waals surface area contributed by atoms with E-state index in [4.69, 9.17) is 5.26 Å². The van der Waals surface area contributed by atoms with Crippen LogP contribution in [0.5, 0.6) is 0 Å². The number of nitrogens with zero attached hydrogens (tertiary/aromatic N) is 1. The van der Waals surface area contributed by atoms with Gasteiger partial charge in [0, 0.05) is 0 Å². The molecule has 0 bridgehead atoms. The van der Waals surface area contributed by atoms with E-state index in [1.165, 1.54) is 14.0 Å². The molecule has 4 heteroatoms. The highest BCUT2D eigenvalue weighted by atomic mass is 16.5. The van der Waals surface area contributed by atoms with Crippen LogP contribution in [0.3, 0.4) is 0 Å². The summed E-state index contributed by atoms with van der Waals surface area (Å²) in [6.07, 6.45) is 0. The van der Waals surface area contributed by atoms with Crippen LogP contribution < -0.4 is 0 Å². The number of benzene rings is 1. The monoisotopic (exact) mass is 231 g/mol. The topological polar surface area (TPSA) is 67.2 Å². The minimum absolute atomic E-state index is 0.273. The first-order valence-corrected chi connectivity index (χ1v) is 5.10. The van der Waals surface area contributed by atoms with Crippen molar-refractivity contribution in [3.63, 3.8) is 0 Å².